The predicted octanol–water partition coefficient (Wildman–Crippen LogP) is 4.66. The Kier molecular flexibility index (Phi) is 8.33. The fourth-order valence-electron chi connectivity index (χ4n) is 3.60. The average Bonchev–Trinajstić information content (AvgIpc) is 2.81. The van der Waals surface area contributed by atoms with Crippen LogP contribution < -0.4 is 5.32 Å². The Morgan fingerprint density at radius 1 is 1.10 bits per heavy atom. The number of aryl methyl sites for hydroxylation is 1. The van der Waals surface area contributed by atoms with E-state index in [9.17, 15) is 15.0 Å². The van der Waals surface area contributed by atoms with Crippen molar-refractivity contribution in [1.29, 1.82) is 0 Å². The Balaban J connectivity index is 1.59. The molecule has 1 heterocycles. The van der Waals surface area contributed by atoms with E-state index in [0.717, 1.165) is 54.5 Å². The van der Waals surface area contributed by atoms with Crippen molar-refractivity contribution in [2.45, 2.75) is 38.7 Å². The van der Waals surface area contributed by atoms with Crippen LogP contribution >= 0.6 is 0 Å². The molecule has 2 aromatic carbocycles. The van der Waals surface area contributed by atoms with Crippen LogP contribution in [0.1, 0.15) is 52.9 Å². The van der Waals surface area contributed by atoms with E-state index < -0.39 is 12.1 Å². The highest BCUT2D eigenvalue weighted by Gasteiger charge is 2.10. The number of aromatic carboxylic acids is 1. The van der Waals surface area contributed by atoms with Gasteiger partial charge in [0.05, 0.1) is 11.7 Å². The zero-order valence-electron chi connectivity index (χ0n) is 17.9. The topological polar surface area (TPSA) is 82.5 Å². The number of carboxylic acids is 1. The minimum atomic E-state index is -0.888. The number of benzene rings is 2. The highest BCUT2D eigenvalue weighted by atomic mass is 16.4. The fraction of sp³-hybridized carbons (Fsp3) is 0.308. The lowest BCUT2D eigenvalue weighted by molar-refractivity contribution is 0.0696. The van der Waals surface area contributed by atoms with Crippen LogP contribution in [0.15, 0.2) is 67.0 Å². The van der Waals surface area contributed by atoms with E-state index >= 15 is 0 Å². The first-order valence-corrected chi connectivity index (χ1v) is 10.8. The summed E-state index contributed by atoms with van der Waals surface area (Å²) < 4.78 is 0. The third-order valence-electron chi connectivity index (χ3n) is 5.41. The van der Waals surface area contributed by atoms with Gasteiger partial charge in [0.15, 0.2) is 0 Å². The van der Waals surface area contributed by atoms with E-state index in [1.54, 1.807) is 24.5 Å². The molecule has 3 aromatic rings. The van der Waals surface area contributed by atoms with Gasteiger partial charge in [-0.2, -0.15) is 0 Å². The molecule has 0 amide bonds. The number of carbonyl (C=O) groups is 1. The predicted molar refractivity (Wildman–Crippen MR) is 123 cm³/mol. The lowest BCUT2D eigenvalue weighted by atomic mass is 9.93. The average molecular weight is 419 g/mol. The van der Waals surface area contributed by atoms with Crippen molar-refractivity contribution >= 4 is 5.97 Å². The maximum atomic E-state index is 11.3. The molecule has 3 rings (SSSR count). The summed E-state index contributed by atoms with van der Waals surface area (Å²) >= 11 is 0. The van der Waals surface area contributed by atoms with Crippen LogP contribution in [0.25, 0.3) is 11.1 Å². The number of pyridine rings is 1. The van der Waals surface area contributed by atoms with Gasteiger partial charge in [0.1, 0.15) is 0 Å². The van der Waals surface area contributed by atoms with Gasteiger partial charge >= 0.3 is 5.97 Å². The van der Waals surface area contributed by atoms with Crippen LogP contribution in [0.3, 0.4) is 0 Å². The summed E-state index contributed by atoms with van der Waals surface area (Å²) in [5.74, 6) is -0.888. The van der Waals surface area contributed by atoms with E-state index in [1.807, 2.05) is 18.2 Å². The second-order valence-electron chi connectivity index (χ2n) is 7.73. The van der Waals surface area contributed by atoms with Gasteiger partial charge in [-0.3, -0.25) is 4.98 Å². The fourth-order valence-corrected chi connectivity index (χ4v) is 3.60. The van der Waals surface area contributed by atoms with Gasteiger partial charge in [-0.25, -0.2) is 4.79 Å². The second-order valence-corrected chi connectivity index (χ2v) is 7.73. The molecule has 0 aliphatic carbocycles. The number of aromatic nitrogens is 1. The molecule has 31 heavy (non-hydrogen) atoms. The largest absolute Gasteiger partial charge is 0.478 e. The van der Waals surface area contributed by atoms with Crippen LogP contribution in [0.4, 0.5) is 0 Å². The Labute approximate surface area is 183 Å². The number of aliphatic hydroxyl groups excluding tert-OH is 1. The Bertz CT molecular complexity index is 972. The van der Waals surface area contributed by atoms with Crippen LogP contribution in [-0.2, 0) is 12.8 Å². The van der Waals surface area contributed by atoms with Crippen molar-refractivity contribution in [2.24, 2.45) is 0 Å². The zero-order valence-corrected chi connectivity index (χ0v) is 17.9. The van der Waals surface area contributed by atoms with Crippen molar-refractivity contribution in [1.82, 2.24) is 10.3 Å². The first kappa shape index (κ1) is 22.7. The minimum Gasteiger partial charge on any atom is -0.478 e. The Morgan fingerprint density at radius 3 is 2.58 bits per heavy atom. The normalized spacial score (nSPS) is 11.9. The van der Waals surface area contributed by atoms with Gasteiger partial charge in [0, 0.05) is 24.5 Å². The van der Waals surface area contributed by atoms with Crippen LogP contribution in [0, 0.1) is 0 Å². The molecule has 0 bridgehead atoms. The number of aliphatic hydroxyl groups is 1. The van der Waals surface area contributed by atoms with Gasteiger partial charge in [0.2, 0.25) is 0 Å². The number of nitrogens with one attached hydrogen (secondary N) is 1. The number of carboxylic acid groups (broad SMARTS) is 1. The van der Waals surface area contributed by atoms with Gasteiger partial charge in [-0.05, 0) is 66.3 Å². The molecule has 3 N–H and O–H groups in total. The van der Waals surface area contributed by atoms with E-state index in [2.05, 4.69) is 41.5 Å². The maximum Gasteiger partial charge on any atom is 0.335 e. The molecule has 1 atom stereocenters. The Hall–Kier alpha value is -3.02. The number of unbranched alkanes of at least 4 members (excludes halogenated alkanes) is 1. The van der Waals surface area contributed by atoms with Crippen LogP contribution in [-0.4, -0.2) is 34.3 Å². The first-order chi connectivity index (χ1) is 15.1. The summed E-state index contributed by atoms with van der Waals surface area (Å²) in [6, 6.07) is 17.5. The summed E-state index contributed by atoms with van der Waals surface area (Å²) in [6.07, 6.45) is 6.65. The van der Waals surface area contributed by atoms with E-state index in [-0.39, 0.29) is 0 Å². The standard InChI is InChI=1S/C26H30N2O3/c1-2-3-5-21-16-22(26(30)31)11-12-24(21)20-9-7-19(8-10-20)13-15-28-18-25(29)23-6-4-14-27-17-23/h4,6-12,14,16-17,25,28-29H,2-3,5,13,15,18H2,1H3,(H,30,31)/t25-/m0/s1. The summed E-state index contributed by atoms with van der Waals surface area (Å²) in [5.41, 5.74) is 5.65. The molecule has 5 heteroatoms. The molecule has 162 valence electrons. The van der Waals surface area contributed by atoms with Crippen molar-refractivity contribution < 1.29 is 15.0 Å². The van der Waals surface area contributed by atoms with Gasteiger partial charge in [-0.1, -0.05) is 49.7 Å². The molecule has 0 saturated heterocycles. The monoisotopic (exact) mass is 418 g/mol. The number of nitrogens with zero attached hydrogens (tertiary/aromatic N) is 1. The van der Waals surface area contributed by atoms with Crippen molar-refractivity contribution in [3.05, 3.63) is 89.2 Å². The van der Waals surface area contributed by atoms with Crippen molar-refractivity contribution in [3.63, 3.8) is 0 Å². The molecule has 5 nitrogen and oxygen atoms in total. The molecule has 0 spiro atoms. The summed E-state index contributed by atoms with van der Waals surface area (Å²) in [7, 11) is 0. The third-order valence-corrected chi connectivity index (χ3v) is 5.41. The SMILES string of the molecule is CCCCc1cc(C(=O)O)ccc1-c1ccc(CCNC[C@H](O)c2cccnc2)cc1. The molecule has 0 aliphatic rings. The second kappa shape index (κ2) is 11.4. The van der Waals surface area contributed by atoms with Gasteiger partial charge < -0.3 is 15.5 Å². The zero-order chi connectivity index (χ0) is 22.1. The smallest absolute Gasteiger partial charge is 0.335 e. The van der Waals surface area contributed by atoms with Crippen molar-refractivity contribution in [3.8, 4) is 11.1 Å². The quantitative estimate of drug-likeness (QED) is 0.395. The molecule has 0 aliphatic heterocycles. The number of hydrogen-bond acceptors (Lipinski definition) is 4. The van der Waals surface area contributed by atoms with Gasteiger partial charge in [-0.15, -0.1) is 0 Å². The minimum absolute atomic E-state index is 0.339. The molecular weight excluding hydrogens is 388 g/mol. The highest BCUT2D eigenvalue weighted by molar-refractivity contribution is 5.89. The van der Waals surface area contributed by atoms with E-state index in [0.29, 0.717) is 12.1 Å². The lowest BCUT2D eigenvalue weighted by Gasteiger charge is -2.13. The van der Waals surface area contributed by atoms with E-state index in [4.69, 9.17) is 0 Å². The molecule has 0 saturated carbocycles. The lowest BCUT2D eigenvalue weighted by Crippen LogP contribution is -2.23. The molecule has 0 unspecified atom stereocenters. The van der Waals surface area contributed by atoms with Crippen molar-refractivity contribution in [2.75, 3.05) is 13.1 Å². The molecule has 0 radical (unpaired) electrons. The summed E-state index contributed by atoms with van der Waals surface area (Å²) in [5, 5.41) is 22.8. The summed E-state index contributed by atoms with van der Waals surface area (Å²) in [4.78, 5) is 15.4. The molecule has 1 aromatic heterocycles. The first-order valence-electron chi connectivity index (χ1n) is 10.8. The number of rotatable bonds is 11. The molecular formula is C26H30N2O3. The summed E-state index contributed by atoms with van der Waals surface area (Å²) in [6.45, 7) is 3.39. The maximum absolute atomic E-state index is 11.3. The molecule has 0 fully saturated rings. The van der Waals surface area contributed by atoms with Gasteiger partial charge in [0.25, 0.3) is 0 Å². The van der Waals surface area contributed by atoms with Crippen LogP contribution in [0.5, 0.6) is 0 Å². The van der Waals surface area contributed by atoms with Crippen LogP contribution in [0.2, 0.25) is 0 Å². The Morgan fingerprint density at radius 2 is 1.90 bits per heavy atom. The highest BCUT2D eigenvalue weighted by Crippen LogP contribution is 2.27. The third kappa shape index (κ3) is 6.48. The number of hydrogen-bond donors (Lipinski definition) is 3. The van der Waals surface area contributed by atoms with E-state index in [1.165, 1.54) is 5.56 Å².